The Morgan fingerprint density at radius 3 is 2.38 bits per heavy atom. The van der Waals surface area contributed by atoms with E-state index in [1.54, 1.807) is 6.07 Å². The van der Waals surface area contributed by atoms with E-state index in [2.05, 4.69) is 18.2 Å². The predicted molar refractivity (Wildman–Crippen MR) is 82.9 cm³/mol. The first-order valence-corrected chi connectivity index (χ1v) is 7.06. The molecular formula is C16H16ClNO3. The number of nitro benzene ring substituents is 1. The Labute approximate surface area is 128 Å². The summed E-state index contributed by atoms with van der Waals surface area (Å²) in [6.07, 6.45) is 0. The van der Waals surface area contributed by atoms with Crippen molar-refractivity contribution < 1.29 is 9.66 Å². The highest BCUT2D eigenvalue weighted by Crippen LogP contribution is 2.26. The maximum Gasteiger partial charge on any atom is 0.270 e. The molecule has 2 aromatic rings. The number of hydrogen-bond donors (Lipinski definition) is 0. The highest BCUT2D eigenvalue weighted by atomic mass is 35.5. The third kappa shape index (κ3) is 3.95. The minimum Gasteiger partial charge on any atom is -0.489 e. The lowest BCUT2D eigenvalue weighted by Gasteiger charge is -2.11. The van der Waals surface area contributed by atoms with Gasteiger partial charge in [-0.05, 0) is 25.5 Å². The van der Waals surface area contributed by atoms with Gasteiger partial charge < -0.3 is 4.74 Å². The molecular weight excluding hydrogens is 290 g/mol. The summed E-state index contributed by atoms with van der Waals surface area (Å²) in [5, 5.41) is 10.8. The van der Waals surface area contributed by atoms with Crippen molar-refractivity contribution in [2.75, 3.05) is 0 Å². The quantitative estimate of drug-likeness (QED) is 0.463. The number of non-ortho nitro benzene ring substituents is 1. The molecule has 0 N–H and O–H groups in total. The van der Waals surface area contributed by atoms with Crippen molar-refractivity contribution in [3.8, 4) is 5.75 Å². The summed E-state index contributed by atoms with van der Waals surface area (Å²) in [5.74, 6) is 0.749. The number of nitrogens with zero attached hydrogens (tertiary/aromatic N) is 1. The third-order valence-electron chi connectivity index (χ3n) is 3.07. The number of alkyl halides is 1. The van der Waals surface area contributed by atoms with Crippen LogP contribution in [0.15, 0.2) is 36.4 Å². The summed E-state index contributed by atoms with van der Waals surface area (Å²) < 4.78 is 5.75. The Morgan fingerprint density at radius 2 is 1.81 bits per heavy atom. The summed E-state index contributed by atoms with van der Waals surface area (Å²) in [5.41, 5.74) is 4.05. The van der Waals surface area contributed by atoms with E-state index >= 15 is 0 Å². The molecule has 2 rings (SSSR count). The molecule has 0 radical (unpaired) electrons. The summed E-state index contributed by atoms with van der Waals surface area (Å²) >= 11 is 5.84. The fraction of sp³-hybridized carbons (Fsp3) is 0.250. The Bertz CT molecular complexity index is 650. The van der Waals surface area contributed by atoms with E-state index in [1.165, 1.54) is 23.3 Å². The molecule has 0 fully saturated rings. The molecule has 0 spiro atoms. The Balaban J connectivity index is 2.17. The maximum absolute atomic E-state index is 10.8. The van der Waals surface area contributed by atoms with Crippen LogP contribution in [-0.4, -0.2) is 4.92 Å². The van der Waals surface area contributed by atoms with Crippen molar-refractivity contribution in [1.82, 2.24) is 0 Å². The second-order valence-electron chi connectivity index (χ2n) is 4.97. The van der Waals surface area contributed by atoms with E-state index < -0.39 is 4.92 Å². The monoisotopic (exact) mass is 305 g/mol. The van der Waals surface area contributed by atoms with Crippen molar-refractivity contribution >= 4 is 17.3 Å². The van der Waals surface area contributed by atoms with Gasteiger partial charge in [-0.1, -0.05) is 29.3 Å². The van der Waals surface area contributed by atoms with Crippen LogP contribution < -0.4 is 4.74 Å². The van der Waals surface area contributed by atoms with Gasteiger partial charge in [-0.25, -0.2) is 0 Å². The normalized spacial score (nSPS) is 10.4. The summed E-state index contributed by atoms with van der Waals surface area (Å²) in [6.45, 7) is 4.48. The predicted octanol–water partition coefficient (Wildman–Crippen LogP) is 4.53. The lowest BCUT2D eigenvalue weighted by atomic mass is 10.1. The van der Waals surface area contributed by atoms with E-state index in [0.29, 0.717) is 17.9 Å². The fourth-order valence-electron chi connectivity index (χ4n) is 2.24. The van der Waals surface area contributed by atoms with Crippen LogP contribution in [0.4, 0.5) is 5.69 Å². The van der Waals surface area contributed by atoms with Crippen LogP contribution in [-0.2, 0) is 12.5 Å². The average Bonchev–Trinajstić information content (AvgIpc) is 2.43. The first-order valence-electron chi connectivity index (χ1n) is 6.53. The van der Waals surface area contributed by atoms with Gasteiger partial charge in [-0.15, -0.1) is 11.6 Å². The molecule has 21 heavy (non-hydrogen) atoms. The summed E-state index contributed by atoms with van der Waals surface area (Å²) in [6, 6.07) is 10.7. The van der Waals surface area contributed by atoms with Crippen molar-refractivity contribution in [2.45, 2.75) is 26.3 Å². The van der Waals surface area contributed by atoms with E-state index in [1.807, 2.05) is 13.8 Å². The third-order valence-corrected chi connectivity index (χ3v) is 3.36. The molecule has 0 aliphatic rings. The standard InChI is InChI=1S/C16H16ClNO3/c1-11-5-12(2)7-13(6-11)10-21-16-4-3-15(18(19)20)8-14(16)9-17/h3-8H,9-10H2,1-2H3. The number of halogens is 1. The van der Waals surface area contributed by atoms with Gasteiger partial charge >= 0.3 is 0 Å². The molecule has 4 nitrogen and oxygen atoms in total. The smallest absolute Gasteiger partial charge is 0.270 e. The van der Waals surface area contributed by atoms with E-state index in [4.69, 9.17) is 16.3 Å². The van der Waals surface area contributed by atoms with Gasteiger partial charge in [-0.2, -0.15) is 0 Å². The van der Waals surface area contributed by atoms with Gasteiger partial charge in [0, 0.05) is 17.7 Å². The van der Waals surface area contributed by atoms with Crippen molar-refractivity contribution in [2.24, 2.45) is 0 Å². The minimum absolute atomic E-state index is 0.0180. The van der Waals surface area contributed by atoms with Gasteiger partial charge in [0.1, 0.15) is 12.4 Å². The van der Waals surface area contributed by atoms with Gasteiger partial charge in [0.2, 0.25) is 0 Å². The van der Waals surface area contributed by atoms with Crippen LogP contribution in [0.5, 0.6) is 5.75 Å². The van der Waals surface area contributed by atoms with Crippen LogP contribution in [0, 0.1) is 24.0 Å². The zero-order valence-electron chi connectivity index (χ0n) is 11.9. The number of benzene rings is 2. The molecule has 5 heteroatoms. The number of nitro groups is 1. The van der Waals surface area contributed by atoms with Crippen LogP contribution in [0.25, 0.3) is 0 Å². The first kappa shape index (κ1) is 15.3. The van der Waals surface area contributed by atoms with Gasteiger partial charge in [0.15, 0.2) is 0 Å². The second kappa shape index (κ2) is 6.59. The molecule has 0 saturated heterocycles. The van der Waals surface area contributed by atoms with Crippen molar-refractivity contribution in [3.05, 3.63) is 68.8 Å². The molecule has 0 aliphatic heterocycles. The maximum atomic E-state index is 10.8. The van der Waals surface area contributed by atoms with Gasteiger partial charge in [0.25, 0.3) is 5.69 Å². The average molecular weight is 306 g/mol. The largest absolute Gasteiger partial charge is 0.489 e. The molecule has 0 aliphatic carbocycles. The van der Waals surface area contributed by atoms with Crippen molar-refractivity contribution in [1.29, 1.82) is 0 Å². The molecule has 0 amide bonds. The zero-order valence-corrected chi connectivity index (χ0v) is 12.7. The molecule has 0 bridgehead atoms. The molecule has 110 valence electrons. The lowest BCUT2D eigenvalue weighted by molar-refractivity contribution is -0.384. The highest BCUT2D eigenvalue weighted by Gasteiger charge is 2.11. The van der Waals surface area contributed by atoms with E-state index in [9.17, 15) is 10.1 Å². The molecule has 0 heterocycles. The molecule has 0 saturated carbocycles. The molecule has 0 atom stereocenters. The van der Waals surface area contributed by atoms with Crippen LogP contribution in [0.2, 0.25) is 0 Å². The van der Waals surface area contributed by atoms with E-state index in [-0.39, 0.29) is 11.6 Å². The molecule has 0 aromatic heterocycles. The number of aryl methyl sites for hydroxylation is 2. The van der Waals surface area contributed by atoms with Gasteiger partial charge in [-0.3, -0.25) is 10.1 Å². The van der Waals surface area contributed by atoms with Crippen LogP contribution >= 0.6 is 11.6 Å². The van der Waals surface area contributed by atoms with Crippen LogP contribution in [0.1, 0.15) is 22.3 Å². The topological polar surface area (TPSA) is 52.4 Å². The molecule has 0 unspecified atom stereocenters. The number of hydrogen-bond acceptors (Lipinski definition) is 3. The van der Waals surface area contributed by atoms with Crippen LogP contribution in [0.3, 0.4) is 0 Å². The Kier molecular flexibility index (Phi) is 4.81. The first-order chi connectivity index (χ1) is 9.99. The fourth-order valence-corrected chi connectivity index (χ4v) is 2.45. The zero-order chi connectivity index (χ0) is 15.4. The summed E-state index contributed by atoms with van der Waals surface area (Å²) in [4.78, 5) is 10.3. The van der Waals surface area contributed by atoms with Gasteiger partial charge in [0.05, 0.1) is 10.8 Å². The number of ether oxygens (including phenoxy) is 1. The highest BCUT2D eigenvalue weighted by molar-refractivity contribution is 6.17. The summed E-state index contributed by atoms with van der Waals surface area (Å²) in [7, 11) is 0. The Morgan fingerprint density at radius 1 is 1.14 bits per heavy atom. The lowest BCUT2D eigenvalue weighted by Crippen LogP contribution is -2.00. The molecule has 2 aromatic carbocycles. The second-order valence-corrected chi connectivity index (χ2v) is 5.23. The minimum atomic E-state index is -0.441. The van der Waals surface area contributed by atoms with E-state index in [0.717, 1.165) is 5.56 Å². The SMILES string of the molecule is Cc1cc(C)cc(COc2ccc([N+](=O)[O-])cc2CCl)c1. The number of rotatable bonds is 5. The Hall–Kier alpha value is -2.07. The van der Waals surface area contributed by atoms with Crippen molar-refractivity contribution in [3.63, 3.8) is 0 Å².